The van der Waals surface area contributed by atoms with Gasteiger partial charge in [-0.1, -0.05) is 28.1 Å². The van der Waals surface area contributed by atoms with Gasteiger partial charge in [0.25, 0.3) is 0 Å². The highest BCUT2D eigenvalue weighted by atomic mass is 79.9. The van der Waals surface area contributed by atoms with Gasteiger partial charge in [0.1, 0.15) is 5.75 Å². The van der Waals surface area contributed by atoms with Crippen molar-refractivity contribution in [2.45, 2.75) is 32.7 Å². The lowest BCUT2D eigenvalue weighted by Crippen LogP contribution is -2.28. The molecule has 4 nitrogen and oxygen atoms in total. The van der Waals surface area contributed by atoms with Crippen molar-refractivity contribution in [2.75, 3.05) is 7.11 Å². The van der Waals surface area contributed by atoms with Gasteiger partial charge >= 0.3 is 0 Å². The van der Waals surface area contributed by atoms with Gasteiger partial charge in [-0.15, -0.1) is 0 Å². The van der Waals surface area contributed by atoms with Crippen molar-refractivity contribution < 1.29 is 9.53 Å². The van der Waals surface area contributed by atoms with E-state index in [-0.39, 0.29) is 17.7 Å². The van der Waals surface area contributed by atoms with Crippen LogP contribution in [0.15, 0.2) is 63.8 Å². The molecule has 0 N–H and O–H groups in total. The van der Waals surface area contributed by atoms with Gasteiger partial charge in [-0.2, -0.15) is 5.10 Å². The van der Waals surface area contributed by atoms with Crippen molar-refractivity contribution in [2.24, 2.45) is 11.0 Å². The minimum Gasteiger partial charge on any atom is -0.497 e. The van der Waals surface area contributed by atoms with Gasteiger partial charge < -0.3 is 4.74 Å². The third-order valence-corrected chi connectivity index (χ3v) is 6.04. The first-order valence-corrected chi connectivity index (χ1v) is 10.3. The Labute approximate surface area is 174 Å². The smallest absolute Gasteiger partial charge is 0.154 e. The zero-order chi connectivity index (χ0) is 19.8. The van der Waals surface area contributed by atoms with Gasteiger partial charge in [-0.3, -0.25) is 9.80 Å². The molecule has 0 saturated carbocycles. The van der Waals surface area contributed by atoms with Crippen LogP contribution in [0.3, 0.4) is 0 Å². The summed E-state index contributed by atoms with van der Waals surface area (Å²) in [5, 5.41) is 7.05. The molecule has 5 heteroatoms. The largest absolute Gasteiger partial charge is 0.497 e. The quantitative estimate of drug-likeness (QED) is 0.610. The Morgan fingerprint density at radius 1 is 1.21 bits per heavy atom. The number of hydrazone groups is 1. The molecule has 4 rings (SSSR count). The van der Waals surface area contributed by atoms with Crippen LogP contribution >= 0.6 is 15.9 Å². The molecular weight excluding hydrogens is 416 g/mol. The third-order valence-electron chi connectivity index (χ3n) is 5.51. The van der Waals surface area contributed by atoms with Gasteiger partial charge in [0.15, 0.2) is 5.78 Å². The fraction of sp³-hybridized carbons (Fsp3) is 0.304. The number of fused-ring (bicyclic) bond motifs is 3. The Bertz CT molecular complexity index is 979. The van der Waals surface area contributed by atoms with Crippen LogP contribution in [0.2, 0.25) is 0 Å². The predicted octanol–water partition coefficient (Wildman–Crippen LogP) is 5.27. The second-order valence-electron chi connectivity index (χ2n) is 7.39. The number of halogens is 1. The number of hydrogen-bond donors (Lipinski definition) is 0. The van der Waals surface area contributed by atoms with E-state index in [1.54, 1.807) is 20.1 Å². The average molecular weight is 439 g/mol. The third kappa shape index (κ3) is 3.39. The summed E-state index contributed by atoms with van der Waals surface area (Å²) in [5.41, 5.74) is 5.65. The van der Waals surface area contributed by atoms with Crippen molar-refractivity contribution in [3.63, 3.8) is 0 Å². The Kier molecular flexibility index (Phi) is 5.11. The summed E-state index contributed by atoms with van der Waals surface area (Å²) in [6, 6.07) is 14.7. The fourth-order valence-corrected chi connectivity index (χ4v) is 4.54. The van der Waals surface area contributed by atoms with Crippen LogP contribution in [0.1, 0.15) is 43.0 Å². The molecule has 2 aliphatic rings. The van der Waals surface area contributed by atoms with Crippen molar-refractivity contribution >= 4 is 27.4 Å². The van der Waals surface area contributed by atoms with E-state index >= 15 is 0 Å². The maximum atomic E-state index is 11.7. The Morgan fingerprint density at radius 3 is 2.64 bits per heavy atom. The number of rotatable bonds is 4. The number of carbonyl (C=O) groups excluding carboxylic acids is 1. The molecule has 1 aliphatic heterocycles. The van der Waals surface area contributed by atoms with E-state index in [9.17, 15) is 4.79 Å². The summed E-state index contributed by atoms with van der Waals surface area (Å²) in [6.45, 7) is 3.54. The lowest BCUT2D eigenvalue weighted by atomic mass is 9.77. The summed E-state index contributed by atoms with van der Waals surface area (Å²) in [5.74, 6) is 1.20. The van der Waals surface area contributed by atoms with Gasteiger partial charge in [0.05, 0.1) is 18.9 Å². The number of methoxy groups -OCH3 is 1. The molecule has 0 spiro atoms. The molecule has 2 aromatic rings. The van der Waals surface area contributed by atoms with E-state index in [4.69, 9.17) is 9.84 Å². The van der Waals surface area contributed by atoms with Crippen molar-refractivity contribution in [1.82, 2.24) is 5.01 Å². The van der Waals surface area contributed by atoms with Gasteiger partial charge in [0.2, 0.25) is 0 Å². The highest BCUT2D eigenvalue weighted by Gasteiger charge is 2.42. The van der Waals surface area contributed by atoms with E-state index < -0.39 is 0 Å². The highest BCUT2D eigenvalue weighted by molar-refractivity contribution is 9.10. The fourth-order valence-electron chi connectivity index (χ4n) is 4.28. The normalized spacial score (nSPS) is 21.1. The van der Waals surface area contributed by atoms with E-state index in [0.29, 0.717) is 0 Å². The van der Waals surface area contributed by atoms with E-state index in [2.05, 4.69) is 52.3 Å². The number of allylic oxidation sites excluding steroid dienone is 2. The molecule has 28 heavy (non-hydrogen) atoms. The zero-order valence-corrected chi connectivity index (χ0v) is 17.9. The minimum atomic E-state index is 0.0345. The van der Waals surface area contributed by atoms with Gasteiger partial charge in [0, 0.05) is 27.7 Å². The summed E-state index contributed by atoms with van der Waals surface area (Å²) in [4.78, 5) is 11.7. The molecule has 0 fully saturated rings. The molecule has 0 aromatic heterocycles. The van der Waals surface area contributed by atoms with Gasteiger partial charge in [-0.05, 0) is 68.1 Å². The molecule has 0 amide bonds. The highest BCUT2D eigenvalue weighted by Crippen LogP contribution is 2.45. The molecule has 1 heterocycles. The van der Waals surface area contributed by atoms with Crippen LogP contribution in [0.4, 0.5) is 0 Å². The molecule has 2 aromatic carbocycles. The van der Waals surface area contributed by atoms with Crippen LogP contribution in [0.5, 0.6) is 5.75 Å². The molecule has 0 radical (unpaired) electrons. The average Bonchev–Trinajstić information content (AvgIpc) is 3.07. The van der Waals surface area contributed by atoms with Gasteiger partial charge in [-0.25, -0.2) is 0 Å². The Hall–Kier alpha value is -2.40. The van der Waals surface area contributed by atoms with E-state index in [1.165, 1.54) is 16.7 Å². The number of hydrogen-bond acceptors (Lipinski definition) is 4. The molecule has 0 bridgehead atoms. The second kappa shape index (κ2) is 7.55. The molecule has 2 atom stereocenters. The number of ketones is 1. The predicted molar refractivity (Wildman–Crippen MR) is 115 cm³/mol. The summed E-state index contributed by atoms with van der Waals surface area (Å²) in [7, 11) is 1.70. The maximum absolute atomic E-state index is 11.7. The zero-order valence-electron chi connectivity index (χ0n) is 16.3. The number of ether oxygens (including phenoxy) is 1. The number of benzene rings is 2. The molecule has 144 valence electrons. The molecular formula is C23H23BrN2O2. The first kappa shape index (κ1) is 18.9. The van der Waals surface area contributed by atoms with Crippen LogP contribution in [-0.2, 0) is 11.2 Å². The second-order valence-corrected chi connectivity index (χ2v) is 8.31. The first-order chi connectivity index (χ1) is 13.5. The Balaban J connectivity index is 1.81. The Morgan fingerprint density at radius 2 is 1.96 bits per heavy atom. The summed E-state index contributed by atoms with van der Waals surface area (Å²) < 4.78 is 6.45. The summed E-state index contributed by atoms with van der Waals surface area (Å²) in [6.07, 6.45) is 3.68. The van der Waals surface area contributed by atoms with E-state index in [1.807, 2.05) is 18.0 Å². The van der Waals surface area contributed by atoms with Crippen LogP contribution in [0.25, 0.3) is 0 Å². The van der Waals surface area contributed by atoms with Crippen LogP contribution in [-0.4, -0.2) is 23.6 Å². The van der Waals surface area contributed by atoms with Crippen molar-refractivity contribution in [3.8, 4) is 5.75 Å². The minimum absolute atomic E-state index is 0.0345. The van der Waals surface area contributed by atoms with Crippen molar-refractivity contribution in [3.05, 3.63) is 75.4 Å². The molecule has 0 unspecified atom stereocenters. The number of carbonyl (C=O) groups is 1. The first-order valence-electron chi connectivity index (χ1n) is 9.47. The lowest BCUT2D eigenvalue weighted by molar-refractivity contribution is -0.112. The van der Waals surface area contributed by atoms with Crippen molar-refractivity contribution in [1.29, 1.82) is 0 Å². The lowest BCUT2D eigenvalue weighted by Gasteiger charge is -2.31. The SMILES string of the molecule is COc1ccc2c(c1)CC[C@@H]1C2=NN(/C(C)=C\C(C)=O)[C@H]1c1ccc(Br)cc1. The number of nitrogens with zero attached hydrogens (tertiary/aromatic N) is 2. The topological polar surface area (TPSA) is 41.9 Å². The van der Waals surface area contributed by atoms with E-state index in [0.717, 1.165) is 34.5 Å². The van der Waals surface area contributed by atoms with Crippen LogP contribution < -0.4 is 4.74 Å². The standard InChI is InChI=1S/C23H23BrN2O2/c1-14(12-15(2)27)26-23(16-4-7-18(24)8-5-16)21-10-6-17-13-19(28-3)9-11-20(17)22(21)25-26/h4-5,7-9,11-13,21,23H,6,10H2,1-3H3/b14-12-/t21-,23+/m1/s1. The van der Waals surface area contributed by atoms with Crippen LogP contribution in [0, 0.1) is 5.92 Å². The maximum Gasteiger partial charge on any atom is 0.154 e. The summed E-state index contributed by atoms with van der Waals surface area (Å²) >= 11 is 3.52. The molecule has 0 saturated heterocycles. The number of aryl methyl sites for hydroxylation is 1. The monoisotopic (exact) mass is 438 g/mol. The molecule has 1 aliphatic carbocycles.